The molecule has 0 saturated carbocycles. The molecule has 1 amide bonds. The molecule has 0 spiro atoms. The lowest BCUT2D eigenvalue weighted by atomic mass is 9.98. The van der Waals surface area contributed by atoms with Gasteiger partial charge in [-0.25, -0.2) is 0 Å². The molecule has 23 heavy (non-hydrogen) atoms. The molecule has 1 aromatic heterocycles. The molecule has 2 N–H and O–H groups in total. The molecular formula is C18H26N4O. The molecule has 0 aliphatic heterocycles. The zero-order valence-electron chi connectivity index (χ0n) is 14.4. The van der Waals surface area contributed by atoms with E-state index in [1.54, 1.807) is 0 Å². The van der Waals surface area contributed by atoms with Crippen molar-refractivity contribution in [2.45, 2.75) is 33.1 Å². The summed E-state index contributed by atoms with van der Waals surface area (Å²) in [4.78, 5) is 14.4. The number of aromatic nitrogens is 2. The number of rotatable bonds is 7. The van der Waals surface area contributed by atoms with Crippen LogP contribution >= 0.6 is 0 Å². The van der Waals surface area contributed by atoms with E-state index in [1.165, 1.54) is 5.56 Å². The first-order valence-corrected chi connectivity index (χ1v) is 8.03. The summed E-state index contributed by atoms with van der Waals surface area (Å²) in [6, 6.07) is 6.15. The largest absolute Gasteiger partial charge is 0.324 e. The van der Waals surface area contributed by atoms with Gasteiger partial charge in [-0.1, -0.05) is 32.0 Å². The summed E-state index contributed by atoms with van der Waals surface area (Å²) in [6.07, 6.45) is 4.58. The van der Waals surface area contributed by atoms with Gasteiger partial charge in [-0.2, -0.15) is 5.10 Å². The Morgan fingerprint density at radius 1 is 1.39 bits per heavy atom. The quantitative estimate of drug-likeness (QED) is 0.826. The highest BCUT2D eigenvalue weighted by Crippen LogP contribution is 2.27. The first-order chi connectivity index (χ1) is 11.0. The van der Waals surface area contributed by atoms with Crippen molar-refractivity contribution >= 4 is 11.6 Å². The van der Waals surface area contributed by atoms with Crippen LogP contribution < -0.4 is 5.32 Å². The highest BCUT2D eigenvalue weighted by molar-refractivity contribution is 5.93. The van der Waals surface area contributed by atoms with Gasteiger partial charge in [-0.3, -0.25) is 14.8 Å². The highest BCUT2D eigenvalue weighted by Gasteiger charge is 2.13. The molecular weight excluding hydrogens is 288 g/mol. The fourth-order valence-electron chi connectivity index (χ4n) is 2.58. The van der Waals surface area contributed by atoms with Crippen LogP contribution in [-0.2, 0) is 11.2 Å². The summed E-state index contributed by atoms with van der Waals surface area (Å²) in [5.41, 5.74) is 4.39. The van der Waals surface area contributed by atoms with Crippen molar-refractivity contribution in [3.63, 3.8) is 0 Å². The Morgan fingerprint density at radius 2 is 2.17 bits per heavy atom. The van der Waals surface area contributed by atoms with Crippen LogP contribution in [0.3, 0.4) is 0 Å². The van der Waals surface area contributed by atoms with Gasteiger partial charge in [0.25, 0.3) is 0 Å². The van der Waals surface area contributed by atoms with E-state index in [0.717, 1.165) is 29.8 Å². The smallest absolute Gasteiger partial charge is 0.238 e. The number of hydrogen-bond donors (Lipinski definition) is 2. The summed E-state index contributed by atoms with van der Waals surface area (Å²) in [6.45, 7) is 7.51. The molecule has 1 heterocycles. The number of carbonyl (C=O) groups is 1. The first-order valence-electron chi connectivity index (χ1n) is 8.03. The third-order valence-electron chi connectivity index (χ3n) is 3.94. The van der Waals surface area contributed by atoms with Crippen molar-refractivity contribution in [2.24, 2.45) is 0 Å². The minimum Gasteiger partial charge on any atom is -0.324 e. The number of likely N-dealkylation sites (N-methyl/N-ethyl adjacent to an activating group) is 1. The molecule has 0 unspecified atom stereocenters. The SMILES string of the molecule is Cc1cccc(C(C)C)c1NC(=O)CN(C)CCc1cn[nH]c1. The number of para-hydroxylation sites is 1. The molecule has 0 aliphatic carbocycles. The van der Waals surface area contributed by atoms with Crippen LogP contribution in [0.15, 0.2) is 30.6 Å². The van der Waals surface area contributed by atoms with Gasteiger partial charge in [0.15, 0.2) is 0 Å². The lowest BCUT2D eigenvalue weighted by molar-refractivity contribution is -0.117. The number of benzene rings is 1. The van der Waals surface area contributed by atoms with Crippen LogP contribution in [0, 0.1) is 6.92 Å². The molecule has 2 aromatic rings. The number of amides is 1. The number of aromatic amines is 1. The second kappa shape index (κ2) is 7.92. The van der Waals surface area contributed by atoms with Crippen molar-refractivity contribution in [1.82, 2.24) is 15.1 Å². The predicted molar refractivity (Wildman–Crippen MR) is 93.7 cm³/mol. The van der Waals surface area contributed by atoms with E-state index in [9.17, 15) is 4.79 Å². The van der Waals surface area contributed by atoms with Crippen LogP contribution in [0.25, 0.3) is 0 Å². The van der Waals surface area contributed by atoms with Crippen molar-refractivity contribution in [2.75, 3.05) is 25.5 Å². The Labute approximate surface area is 138 Å². The molecule has 0 atom stereocenters. The second-order valence-corrected chi connectivity index (χ2v) is 6.34. The zero-order valence-corrected chi connectivity index (χ0v) is 14.4. The van der Waals surface area contributed by atoms with Gasteiger partial charge in [0.2, 0.25) is 5.91 Å². The van der Waals surface area contributed by atoms with Crippen molar-refractivity contribution < 1.29 is 4.79 Å². The lowest BCUT2D eigenvalue weighted by Crippen LogP contribution is -2.32. The maximum atomic E-state index is 12.3. The van der Waals surface area contributed by atoms with Gasteiger partial charge in [-0.05, 0) is 43.0 Å². The van der Waals surface area contributed by atoms with Gasteiger partial charge in [-0.15, -0.1) is 0 Å². The standard InChI is InChI=1S/C18H26N4O/c1-13(2)16-7-5-6-14(3)18(16)21-17(23)12-22(4)9-8-15-10-19-20-11-15/h5-7,10-11,13H,8-9,12H2,1-4H3,(H,19,20)(H,21,23). The molecule has 5 heteroatoms. The van der Waals surface area contributed by atoms with Gasteiger partial charge in [0, 0.05) is 18.4 Å². The summed E-state index contributed by atoms with van der Waals surface area (Å²) < 4.78 is 0. The Balaban J connectivity index is 1.92. The third kappa shape index (κ3) is 4.93. The Hall–Kier alpha value is -2.14. The molecule has 0 bridgehead atoms. The van der Waals surface area contributed by atoms with Gasteiger partial charge in [0.05, 0.1) is 12.7 Å². The fourth-order valence-corrected chi connectivity index (χ4v) is 2.58. The average Bonchev–Trinajstić information content (AvgIpc) is 3.00. The van der Waals surface area contributed by atoms with Crippen LogP contribution in [0.1, 0.15) is 36.5 Å². The van der Waals surface area contributed by atoms with E-state index in [-0.39, 0.29) is 5.91 Å². The topological polar surface area (TPSA) is 61.0 Å². The Morgan fingerprint density at radius 3 is 2.83 bits per heavy atom. The molecule has 2 rings (SSSR count). The van der Waals surface area contributed by atoms with Gasteiger partial charge < -0.3 is 5.32 Å². The Kier molecular flexibility index (Phi) is 5.93. The van der Waals surface area contributed by atoms with Crippen LogP contribution in [0.5, 0.6) is 0 Å². The first kappa shape index (κ1) is 17.2. The van der Waals surface area contributed by atoms with Crippen molar-refractivity contribution in [3.8, 4) is 0 Å². The maximum Gasteiger partial charge on any atom is 0.238 e. The second-order valence-electron chi connectivity index (χ2n) is 6.34. The van der Waals surface area contributed by atoms with E-state index in [0.29, 0.717) is 12.5 Å². The number of anilines is 1. The number of hydrogen-bond acceptors (Lipinski definition) is 3. The van der Waals surface area contributed by atoms with E-state index in [4.69, 9.17) is 0 Å². The normalized spacial score (nSPS) is 11.2. The highest BCUT2D eigenvalue weighted by atomic mass is 16.2. The fraction of sp³-hybridized carbons (Fsp3) is 0.444. The van der Waals surface area contributed by atoms with E-state index in [2.05, 4.69) is 35.4 Å². The summed E-state index contributed by atoms with van der Waals surface area (Å²) in [7, 11) is 1.96. The summed E-state index contributed by atoms with van der Waals surface area (Å²) >= 11 is 0. The Bertz CT molecular complexity index is 634. The summed E-state index contributed by atoms with van der Waals surface area (Å²) in [5.74, 6) is 0.403. The third-order valence-corrected chi connectivity index (χ3v) is 3.94. The molecule has 5 nitrogen and oxygen atoms in total. The van der Waals surface area contributed by atoms with Crippen molar-refractivity contribution in [1.29, 1.82) is 0 Å². The van der Waals surface area contributed by atoms with E-state index in [1.807, 2.05) is 43.4 Å². The lowest BCUT2D eigenvalue weighted by Gasteiger charge is -2.19. The minimum absolute atomic E-state index is 0.0240. The number of H-pyrrole nitrogens is 1. The monoisotopic (exact) mass is 314 g/mol. The van der Waals surface area contributed by atoms with E-state index >= 15 is 0 Å². The molecule has 1 aromatic carbocycles. The number of nitrogens with zero attached hydrogens (tertiary/aromatic N) is 2. The zero-order chi connectivity index (χ0) is 16.8. The van der Waals surface area contributed by atoms with Crippen LogP contribution in [0.2, 0.25) is 0 Å². The van der Waals surface area contributed by atoms with Gasteiger partial charge in [0.1, 0.15) is 0 Å². The van der Waals surface area contributed by atoms with Crippen molar-refractivity contribution in [3.05, 3.63) is 47.3 Å². The number of carbonyl (C=O) groups excluding carboxylic acids is 1. The average molecular weight is 314 g/mol. The molecule has 0 radical (unpaired) electrons. The number of aryl methyl sites for hydroxylation is 1. The molecule has 124 valence electrons. The van der Waals surface area contributed by atoms with Crippen LogP contribution in [-0.4, -0.2) is 41.1 Å². The molecule has 0 fully saturated rings. The molecule has 0 saturated heterocycles. The van der Waals surface area contributed by atoms with Gasteiger partial charge >= 0.3 is 0 Å². The molecule has 0 aliphatic rings. The predicted octanol–water partition coefficient (Wildman–Crippen LogP) is 2.95. The van der Waals surface area contributed by atoms with Crippen LogP contribution in [0.4, 0.5) is 5.69 Å². The number of nitrogens with one attached hydrogen (secondary N) is 2. The summed E-state index contributed by atoms with van der Waals surface area (Å²) in [5, 5.41) is 9.82. The van der Waals surface area contributed by atoms with E-state index < -0.39 is 0 Å². The maximum absolute atomic E-state index is 12.3. The minimum atomic E-state index is 0.0240.